The van der Waals surface area contributed by atoms with Crippen LogP contribution in [-0.2, 0) is 14.3 Å². The molecular weight excluding hydrogens is 414 g/mol. The fraction of sp³-hybridized carbons (Fsp3) is 0.929. The van der Waals surface area contributed by atoms with Gasteiger partial charge >= 0.3 is 12.1 Å². The molecular formula is C28H55NO4. The van der Waals surface area contributed by atoms with Crippen LogP contribution in [0.5, 0.6) is 0 Å². The van der Waals surface area contributed by atoms with Crippen molar-refractivity contribution in [2.45, 2.75) is 137 Å². The topological polar surface area (TPSA) is 55.8 Å². The van der Waals surface area contributed by atoms with Crippen molar-refractivity contribution in [2.24, 2.45) is 11.8 Å². The van der Waals surface area contributed by atoms with E-state index in [2.05, 4.69) is 6.92 Å². The highest BCUT2D eigenvalue weighted by Crippen LogP contribution is 2.15. The Bertz CT molecular complexity index is 479. The van der Waals surface area contributed by atoms with Crippen LogP contribution in [0.4, 0.5) is 4.79 Å². The van der Waals surface area contributed by atoms with E-state index in [4.69, 9.17) is 9.47 Å². The van der Waals surface area contributed by atoms with E-state index in [1.165, 1.54) is 81.9 Å². The van der Waals surface area contributed by atoms with Crippen LogP contribution in [-0.4, -0.2) is 43.3 Å². The van der Waals surface area contributed by atoms with E-state index in [1.807, 2.05) is 27.7 Å². The first-order valence-corrected chi connectivity index (χ1v) is 13.9. The van der Waals surface area contributed by atoms with Crippen LogP contribution in [0.15, 0.2) is 0 Å². The Morgan fingerprint density at radius 1 is 0.667 bits per heavy atom. The third-order valence-corrected chi connectivity index (χ3v) is 6.00. The molecule has 0 bridgehead atoms. The highest BCUT2D eigenvalue weighted by molar-refractivity contribution is 5.81. The lowest BCUT2D eigenvalue weighted by Gasteiger charge is -2.27. The van der Waals surface area contributed by atoms with E-state index >= 15 is 0 Å². The zero-order chi connectivity index (χ0) is 24.9. The number of amides is 1. The number of unbranched alkanes of at least 4 members (excludes halogenated alkanes) is 13. The number of hydrogen-bond donors (Lipinski definition) is 0. The minimum atomic E-state index is -0.587. The van der Waals surface area contributed by atoms with Gasteiger partial charge in [0.2, 0.25) is 0 Å². The maximum atomic E-state index is 12.6. The molecule has 5 nitrogen and oxygen atoms in total. The predicted octanol–water partition coefficient (Wildman–Crippen LogP) is 8.15. The number of nitrogens with zero attached hydrogens (tertiary/aromatic N) is 1. The van der Waals surface area contributed by atoms with Crippen molar-refractivity contribution in [2.75, 3.05) is 20.3 Å². The Labute approximate surface area is 205 Å². The monoisotopic (exact) mass is 469 g/mol. The smallest absolute Gasteiger partial charge is 0.410 e. The number of hydrogen-bond acceptors (Lipinski definition) is 4. The van der Waals surface area contributed by atoms with Gasteiger partial charge in [0.15, 0.2) is 0 Å². The van der Waals surface area contributed by atoms with Gasteiger partial charge in [0.1, 0.15) is 6.04 Å². The Kier molecular flexibility index (Phi) is 20.5. The predicted molar refractivity (Wildman–Crippen MR) is 138 cm³/mol. The van der Waals surface area contributed by atoms with Gasteiger partial charge in [-0.05, 0) is 24.7 Å². The Balaban J connectivity index is 3.88. The molecule has 5 heteroatoms. The second-order valence-electron chi connectivity index (χ2n) is 10.5. The summed E-state index contributed by atoms with van der Waals surface area (Å²) in [5.41, 5.74) is 0. The van der Waals surface area contributed by atoms with Gasteiger partial charge in [-0.2, -0.15) is 0 Å². The van der Waals surface area contributed by atoms with E-state index in [1.54, 1.807) is 7.05 Å². The Morgan fingerprint density at radius 3 is 1.55 bits per heavy atom. The van der Waals surface area contributed by atoms with E-state index in [9.17, 15) is 9.59 Å². The highest BCUT2D eigenvalue weighted by Gasteiger charge is 2.30. The van der Waals surface area contributed by atoms with Crippen LogP contribution in [0.3, 0.4) is 0 Å². The number of carbonyl (C=O) groups is 2. The summed E-state index contributed by atoms with van der Waals surface area (Å²) < 4.78 is 10.8. The van der Waals surface area contributed by atoms with E-state index < -0.39 is 12.1 Å². The normalized spacial score (nSPS) is 12.2. The largest absolute Gasteiger partial charge is 0.464 e. The molecule has 0 N–H and O–H groups in total. The van der Waals surface area contributed by atoms with Gasteiger partial charge in [-0.15, -0.1) is 0 Å². The summed E-state index contributed by atoms with van der Waals surface area (Å²) in [4.78, 5) is 26.3. The van der Waals surface area contributed by atoms with Gasteiger partial charge in [0.25, 0.3) is 0 Å². The van der Waals surface area contributed by atoms with Crippen molar-refractivity contribution in [1.82, 2.24) is 4.90 Å². The summed E-state index contributed by atoms with van der Waals surface area (Å²) in [5.74, 6) is 0.226. The first kappa shape index (κ1) is 31.7. The van der Waals surface area contributed by atoms with Crippen molar-refractivity contribution in [1.29, 1.82) is 0 Å². The van der Waals surface area contributed by atoms with Crippen molar-refractivity contribution < 1.29 is 19.1 Å². The third-order valence-electron chi connectivity index (χ3n) is 6.00. The molecule has 0 saturated heterocycles. The quantitative estimate of drug-likeness (QED) is 0.126. The van der Waals surface area contributed by atoms with Gasteiger partial charge in [-0.25, -0.2) is 9.59 Å². The van der Waals surface area contributed by atoms with Gasteiger partial charge in [-0.3, -0.25) is 4.90 Å². The zero-order valence-corrected chi connectivity index (χ0v) is 22.8. The van der Waals surface area contributed by atoms with Crippen molar-refractivity contribution >= 4 is 12.1 Å². The van der Waals surface area contributed by atoms with Crippen molar-refractivity contribution in [3.8, 4) is 0 Å². The number of ether oxygens (including phenoxy) is 2. The van der Waals surface area contributed by atoms with Crippen LogP contribution < -0.4 is 0 Å². The average Bonchev–Trinajstić information content (AvgIpc) is 2.77. The molecule has 1 atom stereocenters. The molecule has 0 rings (SSSR count). The highest BCUT2D eigenvalue weighted by atomic mass is 16.6. The van der Waals surface area contributed by atoms with Crippen LogP contribution in [0.1, 0.15) is 131 Å². The first-order chi connectivity index (χ1) is 15.8. The summed E-state index contributed by atoms with van der Waals surface area (Å²) in [6.07, 6.45) is 18.3. The lowest BCUT2D eigenvalue weighted by atomic mass is 10.0. The van der Waals surface area contributed by atoms with Gasteiger partial charge in [0, 0.05) is 7.05 Å². The number of esters is 1. The van der Waals surface area contributed by atoms with Crippen LogP contribution >= 0.6 is 0 Å². The fourth-order valence-electron chi connectivity index (χ4n) is 3.89. The lowest BCUT2D eigenvalue weighted by molar-refractivity contribution is -0.149. The second kappa shape index (κ2) is 21.3. The van der Waals surface area contributed by atoms with Crippen LogP contribution in [0.25, 0.3) is 0 Å². The molecule has 0 fully saturated rings. The molecule has 0 aliphatic carbocycles. The molecule has 0 aliphatic heterocycles. The Hall–Kier alpha value is -1.26. The zero-order valence-electron chi connectivity index (χ0n) is 22.8. The standard InChI is InChI=1S/C28H55NO4/c1-7-8-9-10-11-12-13-14-15-16-17-18-19-20-21-32-27(30)26(22-24(2)3)29(6)28(31)33-23-25(4)5/h24-26H,7-23H2,1-6H3. The van der Waals surface area contributed by atoms with Gasteiger partial charge < -0.3 is 9.47 Å². The summed E-state index contributed by atoms with van der Waals surface area (Å²) in [5, 5.41) is 0. The molecule has 0 aromatic heterocycles. The van der Waals surface area contributed by atoms with E-state index in [0.29, 0.717) is 19.6 Å². The molecule has 1 amide bonds. The van der Waals surface area contributed by atoms with Crippen LogP contribution in [0.2, 0.25) is 0 Å². The molecule has 0 aromatic carbocycles. The molecule has 196 valence electrons. The summed E-state index contributed by atoms with van der Waals surface area (Å²) >= 11 is 0. The first-order valence-electron chi connectivity index (χ1n) is 13.9. The molecule has 0 radical (unpaired) electrons. The molecule has 0 aromatic rings. The number of carbonyl (C=O) groups excluding carboxylic acids is 2. The van der Waals surface area contributed by atoms with Crippen molar-refractivity contribution in [3.63, 3.8) is 0 Å². The van der Waals surface area contributed by atoms with Gasteiger partial charge in [-0.1, -0.05) is 118 Å². The SMILES string of the molecule is CCCCCCCCCCCCCCCCOC(=O)C(CC(C)C)N(C)C(=O)OCC(C)C. The third kappa shape index (κ3) is 18.8. The van der Waals surface area contributed by atoms with Gasteiger partial charge in [0.05, 0.1) is 13.2 Å². The number of likely N-dealkylation sites (N-methyl/N-ethyl adjacent to an activating group) is 1. The van der Waals surface area contributed by atoms with Crippen molar-refractivity contribution in [3.05, 3.63) is 0 Å². The lowest BCUT2D eigenvalue weighted by Crippen LogP contribution is -2.44. The minimum Gasteiger partial charge on any atom is -0.464 e. The van der Waals surface area contributed by atoms with Crippen LogP contribution in [0, 0.1) is 11.8 Å². The minimum absolute atomic E-state index is 0.262. The molecule has 1 unspecified atom stereocenters. The Morgan fingerprint density at radius 2 is 1.12 bits per heavy atom. The summed E-state index contributed by atoms with van der Waals surface area (Å²) in [7, 11) is 1.63. The maximum Gasteiger partial charge on any atom is 0.410 e. The molecule has 0 heterocycles. The molecule has 0 spiro atoms. The molecule has 33 heavy (non-hydrogen) atoms. The van der Waals surface area contributed by atoms with E-state index in [0.717, 1.165) is 12.8 Å². The average molecular weight is 470 g/mol. The molecule has 0 aliphatic rings. The van der Waals surface area contributed by atoms with E-state index in [-0.39, 0.29) is 17.8 Å². The second-order valence-corrected chi connectivity index (χ2v) is 10.5. The summed E-state index contributed by atoms with van der Waals surface area (Å²) in [6.45, 7) is 11.1. The maximum absolute atomic E-state index is 12.6. The summed E-state index contributed by atoms with van der Waals surface area (Å²) in [6, 6.07) is -0.587. The molecule has 0 saturated carbocycles. The number of rotatable bonds is 21. The fourth-order valence-corrected chi connectivity index (χ4v) is 3.89.